The van der Waals surface area contributed by atoms with Crippen LogP contribution in [-0.4, -0.2) is 52.3 Å². The molecule has 162 valence electrons. The molecule has 29 heavy (non-hydrogen) atoms. The SMILES string of the molecule is CCN(c1cc(Br)cc(C(=O)O)c1C)C1C[C@@H](C)N(C(=O)OC(C)(C)C)[C@H](C)C1. The molecule has 6 nitrogen and oxygen atoms in total. The molecule has 2 atom stereocenters. The number of likely N-dealkylation sites (tertiary alicyclic amines) is 1. The lowest BCUT2D eigenvalue weighted by Gasteiger charge is -2.47. The summed E-state index contributed by atoms with van der Waals surface area (Å²) in [5, 5.41) is 9.55. The number of hydrogen-bond acceptors (Lipinski definition) is 4. The number of aromatic carboxylic acids is 1. The molecule has 1 aromatic rings. The van der Waals surface area contributed by atoms with Crippen LogP contribution >= 0.6 is 15.9 Å². The van der Waals surface area contributed by atoms with Crippen LogP contribution in [0.4, 0.5) is 10.5 Å². The predicted octanol–water partition coefficient (Wildman–Crippen LogP) is 5.46. The monoisotopic (exact) mass is 468 g/mol. The van der Waals surface area contributed by atoms with Gasteiger partial charge in [0.2, 0.25) is 0 Å². The van der Waals surface area contributed by atoms with Gasteiger partial charge in [-0.3, -0.25) is 0 Å². The van der Waals surface area contributed by atoms with E-state index >= 15 is 0 Å². The first-order valence-corrected chi connectivity index (χ1v) is 11.0. The second kappa shape index (κ2) is 8.94. The van der Waals surface area contributed by atoms with E-state index in [1.807, 2.05) is 38.7 Å². The summed E-state index contributed by atoms with van der Waals surface area (Å²) in [6, 6.07) is 3.89. The van der Waals surface area contributed by atoms with E-state index in [1.54, 1.807) is 6.07 Å². The number of ether oxygens (including phenoxy) is 1. The van der Waals surface area contributed by atoms with E-state index in [9.17, 15) is 14.7 Å². The van der Waals surface area contributed by atoms with Crippen LogP contribution in [0.1, 0.15) is 70.3 Å². The molecular weight excluding hydrogens is 436 g/mol. The van der Waals surface area contributed by atoms with Crippen molar-refractivity contribution in [3.63, 3.8) is 0 Å². The zero-order chi connectivity index (χ0) is 22.1. The van der Waals surface area contributed by atoms with Crippen LogP contribution in [-0.2, 0) is 4.74 Å². The lowest BCUT2D eigenvalue weighted by molar-refractivity contribution is -0.00252. The van der Waals surface area contributed by atoms with Gasteiger partial charge >= 0.3 is 12.1 Å². The number of benzene rings is 1. The molecule has 2 rings (SSSR count). The summed E-state index contributed by atoms with van der Waals surface area (Å²) in [5.41, 5.74) is 1.47. The van der Waals surface area contributed by atoms with Crippen LogP contribution in [0, 0.1) is 6.92 Å². The average Bonchev–Trinajstić information content (AvgIpc) is 2.55. The van der Waals surface area contributed by atoms with Crippen molar-refractivity contribution in [3.8, 4) is 0 Å². The first kappa shape index (κ1) is 23.5. The van der Waals surface area contributed by atoms with Crippen LogP contribution in [0.3, 0.4) is 0 Å². The highest BCUT2D eigenvalue weighted by atomic mass is 79.9. The highest BCUT2D eigenvalue weighted by Gasteiger charge is 2.38. The van der Waals surface area contributed by atoms with E-state index in [2.05, 4.69) is 41.6 Å². The van der Waals surface area contributed by atoms with E-state index in [0.717, 1.165) is 35.1 Å². The Labute approximate surface area is 182 Å². The third-order valence-corrected chi connectivity index (χ3v) is 5.90. The van der Waals surface area contributed by atoms with Crippen LogP contribution in [0.25, 0.3) is 0 Å². The molecule has 0 saturated carbocycles. The Kier molecular flexibility index (Phi) is 7.25. The van der Waals surface area contributed by atoms with Crippen LogP contribution in [0.5, 0.6) is 0 Å². The molecule has 0 bridgehead atoms. The fraction of sp³-hybridized carbons (Fsp3) is 0.636. The van der Waals surface area contributed by atoms with Gasteiger partial charge in [0.1, 0.15) is 5.60 Å². The zero-order valence-electron chi connectivity index (χ0n) is 18.5. The van der Waals surface area contributed by atoms with Crippen LogP contribution in [0.15, 0.2) is 16.6 Å². The van der Waals surface area contributed by atoms with Gasteiger partial charge in [-0.05, 0) is 79.0 Å². The summed E-state index contributed by atoms with van der Waals surface area (Å²) < 4.78 is 6.35. The van der Waals surface area contributed by atoms with Crippen molar-refractivity contribution < 1.29 is 19.4 Å². The van der Waals surface area contributed by atoms with E-state index in [1.165, 1.54) is 0 Å². The number of anilines is 1. The normalized spacial score (nSPS) is 22.3. The number of hydrogen-bond donors (Lipinski definition) is 1. The number of nitrogens with zero attached hydrogens (tertiary/aromatic N) is 2. The van der Waals surface area contributed by atoms with Crippen LogP contribution < -0.4 is 4.90 Å². The van der Waals surface area contributed by atoms with Crippen molar-refractivity contribution in [1.82, 2.24) is 4.90 Å². The van der Waals surface area contributed by atoms with E-state index in [-0.39, 0.29) is 24.2 Å². The van der Waals surface area contributed by atoms with Crippen molar-refractivity contribution in [2.24, 2.45) is 0 Å². The summed E-state index contributed by atoms with van der Waals surface area (Å²) in [7, 11) is 0. The highest BCUT2D eigenvalue weighted by Crippen LogP contribution is 2.35. The van der Waals surface area contributed by atoms with Crippen LogP contribution in [0.2, 0.25) is 0 Å². The average molecular weight is 469 g/mol. The molecule has 1 heterocycles. The maximum Gasteiger partial charge on any atom is 0.410 e. The van der Waals surface area contributed by atoms with Gasteiger partial charge in [-0.15, -0.1) is 0 Å². The number of carbonyl (C=O) groups is 2. The zero-order valence-corrected chi connectivity index (χ0v) is 20.0. The van der Waals surface area contributed by atoms with Crippen molar-refractivity contribution in [2.45, 2.75) is 85.0 Å². The summed E-state index contributed by atoms with van der Waals surface area (Å²) in [4.78, 5) is 28.4. The number of carbonyl (C=O) groups excluding carboxylic acids is 1. The molecule has 0 unspecified atom stereocenters. The Hall–Kier alpha value is -1.76. The molecule has 0 aromatic heterocycles. The Morgan fingerprint density at radius 3 is 2.24 bits per heavy atom. The van der Waals surface area contributed by atoms with Gasteiger partial charge in [0.25, 0.3) is 0 Å². The summed E-state index contributed by atoms with van der Waals surface area (Å²) in [6.07, 6.45) is 1.32. The van der Waals surface area contributed by atoms with Gasteiger partial charge in [-0.1, -0.05) is 15.9 Å². The number of rotatable bonds is 4. The van der Waals surface area contributed by atoms with E-state index < -0.39 is 11.6 Å². The van der Waals surface area contributed by atoms with Crippen molar-refractivity contribution in [3.05, 3.63) is 27.7 Å². The van der Waals surface area contributed by atoms with Crippen molar-refractivity contribution in [1.29, 1.82) is 0 Å². The van der Waals surface area contributed by atoms with E-state index in [4.69, 9.17) is 4.74 Å². The molecular formula is C22H33BrN2O4. The fourth-order valence-corrected chi connectivity index (χ4v) is 4.73. The Bertz CT molecular complexity index is 763. The third-order valence-electron chi connectivity index (χ3n) is 5.45. The van der Waals surface area contributed by atoms with Crippen molar-refractivity contribution >= 4 is 33.7 Å². The molecule has 1 fully saturated rings. The van der Waals surface area contributed by atoms with Gasteiger partial charge in [0.05, 0.1) is 5.56 Å². The molecule has 1 amide bonds. The minimum Gasteiger partial charge on any atom is -0.478 e. The quantitative estimate of drug-likeness (QED) is 0.634. The molecule has 1 saturated heterocycles. The highest BCUT2D eigenvalue weighted by molar-refractivity contribution is 9.10. The molecule has 7 heteroatoms. The van der Waals surface area contributed by atoms with Gasteiger partial charge in [-0.25, -0.2) is 9.59 Å². The standard InChI is InChI=1S/C22H33BrN2O4/c1-8-24(19-12-16(23)11-18(15(19)4)20(26)27)17-9-13(2)25(14(3)10-17)21(28)29-22(5,6)7/h11-14,17H,8-10H2,1-7H3,(H,26,27)/t13-,14-/m1/s1. The number of carboxylic acids is 1. The largest absolute Gasteiger partial charge is 0.478 e. The third kappa shape index (κ3) is 5.44. The number of halogens is 1. The predicted molar refractivity (Wildman–Crippen MR) is 119 cm³/mol. The first-order valence-electron chi connectivity index (χ1n) is 10.2. The number of carboxylic acid groups (broad SMARTS) is 1. The topological polar surface area (TPSA) is 70.1 Å². The Morgan fingerprint density at radius 1 is 1.24 bits per heavy atom. The molecule has 0 aliphatic carbocycles. The maximum atomic E-state index is 12.7. The molecule has 0 radical (unpaired) electrons. The summed E-state index contributed by atoms with van der Waals surface area (Å²) in [6.45, 7) is 14.4. The lowest BCUT2D eigenvalue weighted by Crippen LogP contribution is -2.56. The molecule has 1 aliphatic heterocycles. The number of piperidine rings is 1. The van der Waals surface area contributed by atoms with Gasteiger partial charge in [0.15, 0.2) is 0 Å². The lowest BCUT2D eigenvalue weighted by atomic mass is 9.91. The second-order valence-electron chi connectivity index (χ2n) is 8.90. The smallest absolute Gasteiger partial charge is 0.410 e. The summed E-state index contributed by atoms with van der Waals surface area (Å²) >= 11 is 3.46. The summed E-state index contributed by atoms with van der Waals surface area (Å²) in [5.74, 6) is -0.928. The fourth-order valence-electron chi connectivity index (χ4n) is 4.28. The van der Waals surface area contributed by atoms with Gasteiger partial charge in [0, 0.05) is 34.8 Å². The first-order chi connectivity index (χ1) is 13.4. The van der Waals surface area contributed by atoms with Crippen molar-refractivity contribution in [2.75, 3.05) is 11.4 Å². The molecule has 0 spiro atoms. The minimum atomic E-state index is -0.928. The second-order valence-corrected chi connectivity index (χ2v) is 9.82. The van der Waals surface area contributed by atoms with Gasteiger partial charge in [-0.2, -0.15) is 0 Å². The van der Waals surface area contributed by atoms with Gasteiger partial charge < -0.3 is 19.6 Å². The molecule has 1 N–H and O–H groups in total. The van der Waals surface area contributed by atoms with E-state index in [0.29, 0.717) is 5.56 Å². The Balaban J connectivity index is 2.30. The number of amides is 1. The maximum absolute atomic E-state index is 12.7. The Morgan fingerprint density at radius 2 is 1.79 bits per heavy atom. The minimum absolute atomic E-state index is 0.0269. The molecule has 1 aliphatic rings. The molecule has 1 aromatic carbocycles.